The van der Waals surface area contributed by atoms with Gasteiger partial charge in [-0.3, -0.25) is 0 Å². The molecule has 1 unspecified atom stereocenters. The van der Waals surface area contributed by atoms with Crippen LogP contribution in [0.3, 0.4) is 0 Å². The van der Waals surface area contributed by atoms with Crippen molar-refractivity contribution in [3.63, 3.8) is 0 Å². The van der Waals surface area contributed by atoms with E-state index in [1.165, 1.54) is 17.5 Å². The fourth-order valence-corrected chi connectivity index (χ4v) is 2.09. The van der Waals surface area contributed by atoms with Crippen molar-refractivity contribution in [1.29, 1.82) is 0 Å². The van der Waals surface area contributed by atoms with Gasteiger partial charge in [0.25, 0.3) is 0 Å². The minimum Gasteiger partial charge on any atom is -0.379 e. The third-order valence-electron chi connectivity index (χ3n) is 3.21. The largest absolute Gasteiger partial charge is 0.379 e. The molecular weight excluding hydrogens is 234 g/mol. The molecule has 1 aromatic rings. The summed E-state index contributed by atoms with van der Waals surface area (Å²) in [6.07, 6.45) is 3.78. The third kappa shape index (κ3) is 8.02. The molecule has 1 atom stereocenters. The summed E-state index contributed by atoms with van der Waals surface area (Å²) in [4.78, 5) is 0. The van der Waals surface area contributed by atoms with E-state index >= 15 is 0 Å². The number of aryl methyl sites for hydroxylation is 2. The first kappa shape index (κ1) is 16.2. The molecule has 0 aromatic heterocycles. The van der Waals surface area contributed by atoms with Crippen LogP contribution < -0.4 is 5.32 Å². The van der Waals surface area contributed by atoms with E-state index in [2.05, 4.69) is 57.3 Å². The summed E-state index contributed by atoms with van der Waals surface area (Å²) in [5, 5.41) is 3.56. The second-order valence-electron chi connectivity index (χ2n) is 5.66. The van der Waals surface area contributed by atoms with Gasteiger partial charge in [-0.15, -0.1) is 0 Å². The second kappa shape index (κ2) is 9.11. The lowest BCUT2D eigenvalue weighted by Crippen LogP contribution is -2.28. The molecule has 0 aliphatic carbocycles. The SMILES string of the molecule is Cc1cccc(CCC(C)NCCCOC(C)C)c1. The minimum atomic E-state index is 0.346. The Labute approximate surface area is 118 Å². The van der Waals surface area contributed by atoms with Gasteiger partial charge in [-0.05, 0) is 59.1 Å². The average molecular weight is 263 g/mol. The summed E-state index contributed by atoms with van der Waals surface area (Å²) in [6.45, 7) is 10.5. The Morgan fingerprint density at radius 1 is 1.21 bits per heavy atom. The van der Waals surface area contributed by atoms with Crippen molar-refractivity contribution in [2.45, 2.75) is 59.1 Å². The first-order chi connectivity index (χ1) is 9.08. The summed E-state index contributed by atoms with van der Waals surface area (Å²) in [5.41, 5.74) is 2.79. The number of nitrogens with one attached hydrogen (secondary N) is 1. The lowest BCUT2D eigenvalue weighted by atomic mass is 10.0. The normalized spacial score (nSPS) is 12.9. The van der Waals surface area contributed by atoms with Crippen molar-refractivity contribution in [2.75, 3.05) is 13.2 Å². The first-order valence-corrected chi connectivity index (χ1v) is 7.48. The zero-order chi connectivity index (χ0) is 14.1. The quantitative estimate of drug-likeness (QED) is 0.686. The van der Waals surface area contributed by atoms with Gasteiger partial charge in [0.2, 0.25) is 0 Å². The zero-order valence-electron chi connectivity index (χ0n) is 12.9. The van der Waals surface area contributed by atoms with Gasteiger partial charge < -0.3 is 10.1 Å². The Hall–Kier alpha value is -0.860. The molecular formula is C17H29NO. The highest BCUT2D eigenvalue weighted by molar-refractivity contribution is 5.22. The van der Waals surface area contributed by atoms with E-state index in [0.717, 1.165) is 26.0 Å². The van der Waals surface area contributed by atoms with Crippen LogP contribution >= 0.6 is 0 Å². The van der Waals surface area contributed by atoms with Crippen LogP contribution in [0.1, 0.15) is 44.7 Å². The average Bonchev–Trinajstić information content (AvgIpc) is 2.35. The second-order valence-corrected chi connectivity index (χ2v) is 5.66. The van der Waals surface area contributed by atoms with E-state index < -0.39 is 0 Å². The zero-order valence-corrected chi connectivity index (χ0v) is 12.9. The van der Waals surface area contributed by atoms with Crippen molar-refractivity contribution in [2.24, 2.45) is 0 Å². The first-order valence-electron chi connectivity index (χ1n) is 7.48. The number of hydrogen-bond donors (Lipinski definition) is 1. The van der Waals surface area contributed by atoms with Crippen molar-refractivity contribution < 1.29 is 4.74 Å². The monoisotopic (exact) mass is 263 g/mol. The molecule has 1 rings (SSSR count). The number of rotatable bonds is 9. The third-order valence-corrected chi connectivity index (χ3v) is 3.21. The number of ether oxygens (including phenoxy) is 1. The fraction of sp³-hybridized carbons (Fsp3) is 0.647. The molecule has 0 heterocycles. The maximum atomic E-state index is 5.53. The smallest absolute Gasteiger partial charge is 0.0518 e. The van der Waals surface area contributed by atoms with Crippen LogP contribution in [0.15, 0.2) is 24.3 Å². The van der Waals surface area contributed by atoms with Gasteiger partial charge in [-0.1, -0.05) is 29.8 Å². The molecule has 0 saturated carbocycles. The number of hydrogen-bond acceptors (Lipinski definition) is 2. The van der Waals surface area contributed by atoms with Gasteiger partial charge in [-0.2, -0.15) is 0 Å². The molecule has 0 amide bonds. The summed E-state index contributed by atoms with van der Waals surface area (Å²) < 4.78 is 5.53. The van der Waals surface area contributed by atoms with Crippen LogP contribution in [0.4, 0.5) is 0 Å². The van der Waals surface area contributed by atoms with Gasteiger partial charge in [0, 0.05) is 12.6 Å². The van der Waals surface area contributed by atoms with Crippen LogP contribution in [-0.2, 0) is 11.2 Å². The Balaban J connectivity index is 2.09. The predicted molar refractivity (Wildman–Crippen MR) is 82.7 cm³/mol. The van der Waals surface area contributed by atoms with Crippen molar-refractivity contribution >= 4 is 0 Å². The molecule has 2 heteroatoms. The molecule has 0 aliphatic rings. The molecule has 19 heavy (non-hydrogen) atoms. The lowest BCUT2D eigenvalue weighted by molar-refractivity contribution is 0.0767. The van der Waals surface area contributed by atoms with E-state index in [-0.39, 0.29) is 0 Å². The maximum Gasteiger partial charge on any atom is 0.0518 e. The highest BCUT2D eigenvalue weighted by Crippen LogP contribution is 2.08. The lowest BCUT2D eigenvalue weighted by Gasteiger charge is -2.14. The topological polar surface area (TPSA) is 21.3 Å². The van der Waals surface area contributed by atoms with E-state index in [9.17, 15) is 0 Å². The molecule has 2 nitrogen and oxygen atoms in total. The maximum absolute atomic E-state index is 5.53. The van der Waals surface area contributed by atoms with Crippen LogP contribution in [0, 0.1) is 6.92 Å². The molecule has 0 spiro atoms. The van der Waals surface area contributed by atoms with Gasteiger partial charge >= 0.3 is 0 Å². The highest BCUT2D eigenvalue weighted by atomic mass is 16.5. The Kier molecular flexibility index (Phi) is 7.76. The van der Waals surface area contributed by atoms with Crippen LogP contribution in [0.5, 0.6) is 0 Å². The molecule has 0 bridgehead atoms. The van der Waals surface area contributed by atoms with Gasteiger partial charge in [0.1, 0.15) is 0 Å². The van der Waals surface area contributed by atoms with Crippen molar-refractivity contribution in [3.8, 4) is 0 Å². The molecule has 108 valence electrons. The van der Waals surface area contributed by atoms with E-state index in [1.54, 1.807) is 0 Å². The van der Waals surface area contributed by atoms with E-state index in [4.69, 9.17) is 4.74 Å². The molecule has 0 radical (unpaired) electrons. The summed E-state index contributed by atoms with van der Waals surface area (Å²) in [6, 6.07) is 9.37. The van der Waals surface area contributed by atoms with Gasteiger partial charge in [0.05, 0.1) is 6.10 Å². The molecule has 0 fully saturated rings. The Morgan fingerprint density at radius 2 is 2.00 bits per heavy atom. The molecule has 1 aromatic carbocycles. The van der Waals surface area contributed by atoms with Gasteiger partial charge in [-0.25, -0.2) is 0 Å². The Bertz CT molecular complexity index is 349. The van der Waals surface area contributed by atoms with Crippen molar-refractivity contribution in [3.05, 3.63) is 35.4 Å². The number of benzene rings is 1. The molecule has 0 aliphatic heterocycles. The predicted octanol–water partition coefficient (Wildman–Crippen LogP) is 3.72. The van der Waals surface area contributed by atoms with E-state index in [0.29, 0.717) is 12.1 Å². The summed E-state index contributed by atoms with van der Waals surface area (Å²) in [5.74, 6) is 0. The Morgan fingerprint density at radius 3 is 2.68 bits per heavy atom. The highest BCUT2D eigenvalue weighted by Gasteiger charge is 2.02. The summed E-state index contributed by atoms with van der Waals surface area (Å²) >= 11 is 0. The van der Waals surface area contributed by atoms with Gasteiger partial charge in [0.15, 0.2) is 0 Å². The van der Waals surface area contributed by atoms with Crippen LogP contribution in [-0.4, -0.2) is 25.3 Å². The summed E-state index contributed by atoms with van der Waals surface area (Å²) in [7, 11) is 0. The minimum absolute atomic E-state index is 0.346. The van der Waals surface area contributed by atoms with E-state index in [1.807, 2.05) is 0 Å². The molecule has 0 saturated heterocycles. The standard InChI is InChI=1S/C17H29NO/c1-14(2)19-12-6-11-18-16(4)9-10-17-8-5-7-15(3)13-17/h5,7-8,13-14,16,18H,6,9-12H2,1-4H3. The fourth-order valence-electron chi connectivity index (χ4n) is 2.09. The van der Waals surface area contributed by atoms with Crippen LogP contribution in [0.25, 0.3) is 0 Å². The molecule has 1 N–H and O–H groups in total. The van der Waals surface area contributed by atoms with Crippen LogP contribution in [0.2, 0.25) is 0 Å². The van der Waals surface area contributed by atoms with Crippen molar-refractivity contribution in [1.82, 2.24) is 5.32 Å².